The van der Waals surface area contributed by atoms with Crippen LogP contribution < -0.4 is 0 Å². The normalized spacial score (nSPS) is 12.4. The highest BCUT2D eigenvalue weighted by Crippen LogP contribution is 2.21. The first kappa shape index (κ1) is 19.2. The zero-order valence-corrected chi connectivity index (χ0v) is 17.2. The Morgan fingerprint density at radius 3 is 2.55 bits per heavy atom. The third kappa shape index (κ3) is 4.49. The van der Waals surface area contributed by atoms with E-state index in [4.69, 9.17) is 16.6 Å². The summed E-state index contributed by atoms with van der Waals surface area (Å²) in [7, 11) is 2.04. The largest absolute Gasteiger partial charge is 0.414 e. The van der Waals surface area contributed by atoms with E-state index in [2.05, 4.69) is 51.3 Å². The van der Waals surface area contributed by atoms with Gasteiger partial charge in [-0.2, -0.15) is 5.10 Å². The molecular weight excluding hydrogens is 384 g/mol. The smallest absolute Gasteiger partial charge is 0.288 e. The Morgan fingerprint density at radius 2 is 1.86 bits per heavy atom. The van der Waals surface area contributed by atoms with Crippen LogP contribution in [0.15, 0.2) is 71.7 Å². The van der Waals surface area contributed by atoms with Crippen LogP contribution in [-0.2, 0) is 13.1 Å². The summed E-state index contributed by atoms with van der Waals surface area (Å²) in [5.74, 6) is 0.624. The highest BCUT2D eigenvalue weighted by Gasteiger charge is 2.15. The van der Waals surface area contributed by atoms with E-state index in [0.717, 1.165) is 11.3 Å². The minimum Gasteiger partial charge on any atom is -0.414 e. The van der Waals surface area contributed by atoms with E-state index in [1.54, 1.807) is 15.7 Å². The molecule has 0 radical (unpaired) electrons. The Hall–Kier alpha value is -3.10. The molecule has 1 atom stereocenters. The van der Waals surface area contributed by atoms with Crippen molar-refractivity contribution in [2.45, 2.75) is 26.1 Å². The van der Waals surface area contributed by atoms with E-state index in [9.17, 15) is 0 Å². The van der Waals surface area contributed by atoms with Gasteiger partial charge in [-0.1, -0.05) is 42.5 Å². The summed E-state index contributed by atoms with van der Waals surface area (Å²) in [4.78, 5) is 6.54. The Kier molecular flexibility index (Phi) is 5.64. The Balaban J connectivity index is 1.43. The second-order valence-electron chi connectivity index (χ2n) is 6.93. The van der Waals surface area contributed by atoms with Crippen LogP contribution in [-0.4, -0.2) is 36.5 Å². The highest BCUT2D eigenvalue weighted by atomic mass is 32.1. The van der Waals surface area contributed by atoms with Crippen LogP contribution in [0, 0.1) is 4.84 Å². The van der Waals surface area contributed by atoms with E-state index < -0.39 is 0 Å². The van der Waals surface area contributed by atoms with Crippen LogP contribution in [0.3, 0.4) is 0 Å². The Morgan fingerprint density at radius 1 is 1.10 bits per heavy atom. The van der Waals surface area contributed by atoms with Crippen LogP contribution in [0.5, 0.6) is 0 Å². The molecule has 2 aromatic heterocycles. The molecule has 4 rings (SSSR count). The summed E-state index contributed by atoms with van der Waals surface area (Å²) in [5.41, 5.74) is 3.31. The number of benzene rings is 2. The molecule has 0 saturated heterocycles. The lowest BCUT2D eigenvalue weighted by atomic mass is 10.1. The van der Waals surface area contributed by atoms with Crippen molar-refractivity contribution in [1.82, 2.24) is 29.4 Å². The van der Waals surface area contributed by atoms with Gasteiger partial charge in [0.25, 0.3) is 4.84 Å². The van der Waals surface area contributed by atoms with E-state index >= 15 is 0 Å². The minimum atomic E-state index is 0.177. The second-order valence-corrected chi connectivity index (χ2v) is 7.28. The average Bonchev–Trinajstić information content (AvgIpc) is 3.39. The maximum absolute atomic E-state index is 5.69. The average molecular weight is 407 g/mol. The summed E-state index contributed by atoms with van der Waals surface area (Å²) in [6.07, 6.45) is 3.84. The van der Waals surface area contributed by atoms with Crippen molar-refractivity contribution in [2.75, 3.05) is 7.05 Å². The van der Waals surface area contributed by atoms with Gasteiger partial charge in [-0.25, -0.2) is 14.3 Å². The molecule has 2 heterocycles. The van der Waals surface area contributed by atoms with Crippen molar-refractivity contribution < 1.29 is 4.42 Å². The zero-order chi connectivity index (χ0) is 20.2. The summed E-state index contributed by atoms with van der Waals surface area (Å²) in [5, 5.41) is 8.71. The molecule has 0 aliphatic heterocycles. The first-order chi connectivity index (χ1) is 14.1. The van der Waals surface area contributed by atoms with Crippen LogP contribution in [0.4, 0.5) is 0 Å². The van der Waals surface area contributed by atoms with Crippen molar-refractivity contribution in [1.29, 1.82) is 0 Å². The van der Waals surface area contributed by atoms with Gasteiger partial charge in [-0.3, -0.25) is 4.90 Å². The van der Waals surface area contributed by atoms with Gasteiger partial charge in [0.15, 0.2) is 0 Å². The van der Waals surface area contributed by atoms with Crippen LogP contribution >= 0.6 is 12.2 Å². The van der Waals surface area contributed by atoms with Crippen LogP contribution in [0.25, 0.3) is 5.69 Å². The lowest BCUT2D eigenvalue weighted by Crippen LogP contribution is -2.26. The second kappa shape index (κ2) is 8.50. The van der Waals surface area contributed by atoms with Crippen LogP contribution in [0.1, 0.15) is 30.0 Å². The quantitative estimate of drug-likeness (QED) is 0.432. The molecule has 0 N–H and O–H groups in total. The molecule has 0 aliphatic rings. The molecule has 0 amide bonds. The molecule has 29 heavy (non-hydrogen) atoms. The maximum Gasteiger partial charge on any atom is 0.288 e. The number of rotatable bonds is 7. The molecule has 2 aromatic carbocycles. The number of nitrogens with zero attached hydrogens (tertiary/aromatic N) is 6. The third-order valence-corrected chi connectivity index (χ3v) is 5.22. The van der Waals surface area contributed by atoms with Gasteiger partial charge in [-0.15, -0.1) is 5.10 Å². The van der Waals surface area contributed by atoms with Crippen molar-refractivity contribution in [3.63, 3.8) is 0 Å². The molecule has 0 spiro atoms. The van der Waals surface area contributed by atoms with Gasteiger partial charge < -0.3 is 4.42 Å². The third-order valence-electron chi connectivity index (χ3n) is 4.92. The van der Waals surface area contributed by atoms with Gasteiger partial charge in [0.2, 0.25) is 5.89 Å². The standard InChI is InChI=1S/C21H22N6OS/c1-16(18-8-10-19(11-9-18)26-14-22-13-23-26)25(2)15-27-21(29)28-20(24-27)12-17-6-4-3-5-7-17/h3-11,13-14,16H,12,15H2,1-2H3/t16-/m1/s1. The van der Waals surface area contributed by atoms with Crippen molar-refractivity contribution in [2.24, 2.45) is 0 Å². The molecule has 0 saturated carbocycles. The first-order valence-corrected chi connectivity index (χ1v) is 9.77. The number of hydrogen-bond donors (Lipinski definition) is 0. The van der Waals surface area contributed by atoms with E-state index in [-0.39, 0.29) is 6.04 Å². The molecule has 4 aromatic rings. The molecule has 0 unspecified atom stereocenters. The topological polar surface area (TPSA) is 64.9 Å². The fourth-order valence-electron chi connectivity index (χ4n) is 3.12. The predicted molar refractivity (Wildman–Crippen MR) is 112 cm³/mol. The van der Waals surface area contributed by atoms with E-state index in [1.807, 2.05) is 37.4 Å². The fourth-order valence-corrected chi connectivity index (χ4v) is 3.31. The summed E-state index contributed by atoms with van der Waals surface area (Å²) in [6.45, 7) is 2.70. The molecule has 0 fully saturated rings. The zero-order valence-electron chi connectivity index (χ0n) is 16.3. The summed E-state index contributed by atoms with van der Waals surface area (Å²) in [6, 6.07) is 18.5. The lowest BCUT2D eigenvalue weighted by molar-refractivity contribution is 0.192. The monoisotopic (exact) mass is 406 g/mol. The SMILES string of the molecule is C[C@H](c1ccc(-n2cncn2)cc1)N(C)Cn1nc(Cc2ccccc2)oc1=S. The molecule has 0 aliphatic carbocycles. The van der Waals surface area contributed by atoms with Crippen molar-refractivity contribution in [3.05, 3.63) is 89.1 Å². The van der Waals surface area contributed by atoms with Crippen molar-refractivity contribution >= 4 is 12.2 Å². The van der Waals surface area contributed by atoms with Gasteiger partial charge in [-0.05, 0) is 49.4 Å². The van der Waals surface area contributed by atoms with Gasteiger partial charge in [0.05, 0.1) is 18.8 Å². The molecule has 7 nitrogen and oxygen atoms in total. The molecular formula is C21H22N6OS. The van der Waals surface area contributed by atoms with E-state index in [1.165, 1.54) is 11.9 Å². The summed E-state index contributed by atoms with van der Waals surface area (Å²) >= 11 is 5.36. The molecule has 0 bridgehead atoms. The Labute approximate surface area is 174 Å². The summed E-state index contributed by atoms with van der Waals surface area (Å²) < 4.78 is 9.15. The van der Waals surface area contributed by atoms with Crippen molar-refractivity contribution in [3.8, 4) is 5.69 Å². The molecule has 8 heteroatoms. The minimum absolute atomic E-state index is 0.177. The number of aromatic nitrogens is 5. The number of hydrogen-bond acceptors (Lipinski definition) is 6. The maximum atomic E-state index is 5.69. The van der Waals surface area contributed by atoms with Crippen LogP contribution in [0.2, 0.25) is 0 Å². The predicted octanol–water partition coefficient (Wildman–Crippen LogP) is 4.03. The van der Waals surface area contributed by atoms with Gasteiger partial charge in [0.1, 0.15) is 12.7 Å². The Bertz CT molecular complexity index is 1100. The highest BCUT2D eigenvalue weighted by molar-refractivity contribution is 7.71. The first-order valence-electron chi connectivity index (χ1n) is 9.36. The lowest BCUT2D eigenvalue weighted by Gasteiger charge is -2.24. The van der Waals surface area contributed by atoms with E-state index in [0.29, 0.717) is 23.8 Å². The van der Waals surface area contributed by atoms with Gasteiger partial charge >= 0.3 is 0 Å². The molecule has 148 valence electrons. The fraction of sp³-hybridized carbons (Fsp3) is 0.238. The van der Waals surface area contributed by atoms with Gasteiger partial charge in [0, 0.05) is 6.04 Å².